The number of ether oxygens (including phenoxy) is 2. The lowest BCUT2D eigenvalue weighted by Crippen LogP contribution is -2.67. The Bertz CT molecular complexity index is 1050. The minimum absolute atomic E-state index is 0.00700. The molecule has 2 unspecified atom stereocenters. The minimum atomic E-state index is -2.65. The van der Waals surface area contributed by atoms with E-state index >= 15 is 0 Å². The summed E-state index contributed by atoms with van der Waals surface area (Å²) in [6.07, 6.45) is 10.6. The molecule has 0 saturated carbocycles. The minimum Gasteiger partial charge on any atom is -0.401 e. The third-order valence-electron chi connectivity index (χ3n) is 7.38. The lowest BCUT2D eigenvalue weighted by molar-refractivity contribution is -0.161. The van der Waals surface area contributed by atoms with Crippen molar-refractivity contribution < 1.29 is 13.9 Å². The zero-order valence-electron chi connectivity index (χ0n) is 23.4. The van der Waals surface area contributed by atoms with E-state index in [4.69, 9.17) is 13.9 Å². The largest absolute Gasteiger partial charge is 0.401 e. The molecule has 0 N–H and O–H groups in total. The Hall–Kier alpha value is -2.50. The SMILES string of the molecule is CC(C)(C)[Si](OC(/C=C/CCOC1CCCCO1)CCc1ccccc1)(c1ccccc1)c1ccccc1. The van der Waals surface area contributed by atoms with Crippen LogP contribution in [0, 0.1) is 0 Å². The molecular weight excluding hydrogens is 484 g/mol. The number of hydrogen-bond donors (Lipinski definition) is 0. The fourth-order valence-electron chi connectivity index (χ4n) is 5.42. The van der Waals surface area contributed by atoms with Gasteiger partial charge in [0.25, 0.3) is 8.32 Å². The first kappa shape index (κ1) is 28.5. The third-order valence-corrected chi connectivity index (χ3v) is 12.4. The first-order chi connectivity index (χ1) is 18.5. The maximum Gasteiger partial charge on any atom is 0.261 e. The summed E-state index contributed by atoms with van der Waals surface area (Å²) in [5.41, 5.74) is 1.34. The van der Waals surface area contributed by atoms with Crippen LogP contribution in [0.15, 0.2) is 103 Å². The van der Waals surface area contributed by atoms with Gasteiger partial charge in [0.2, 0.25) is 0 Å². The van der Waals surface area contributed by atoms with E-state index < -0.39 is 8.32 Å². The van der Waals surface area contributed by atoms with Crippen LogP contribution in [0.25, 0.3) is 0 Å². The Kier molecular flexibility index (Phi) is 10.5. The standard InChI is InChI=1S/C34H44O3Si/c1-34(2,3)38(31-20-9-5-10-21-31,32-22-11-6-12-23-32)37-30(26-25-29-17-7-4-8-18-29)19-13-15-27-35-33-24-14-16-28-36-33/h4-13,17-23,30,33H,14-16,24-28H2,1-3H3/b19-13+. The predicted molar refractivity (Wildman–Crippen MR) is 161 cm³/mol. The van der Waals surface area contributed by atoms with Gasteiger partial charge in [-0.15, -0.1) is 0 Å². The summed E-state index contributed by atoms with van der Waals surface area (Å²) in [5.74, 6) is 0. The van der Waals surface area contributed by atoms with Gasteiger partial charge >= 0.3 is 0 Å². The van der Waals surface area contributed by atoms with E-state index in [1.165, 1.54) is 22.4 Å². The zero-order valence-corrected chi connectivity index (χ0v) is 24.4. The average Bonchev–Trinajstić information content (AvgIpc) is 2.95. The van der Waals surface area contributed by atoms with Crippen molar-refractivity contribution >= 4 is 18.7 Å². The Morgan fingerprint density at radius 2 is 1.47 bits per heavy atom. The molecule has 3 aromatic rings. The molecule has 2 atom stereocenters. The van der Waals surface area contributed by atoms with Crippen LogP contribution in [0.2, 0.25) is 5.04 Å². The van der Waals surface area contributed by atoms with Crippen LogP contribution in [0.4, 0.5) is 0 Å². The van der Waals surface area contributed by atoms with Crippen LogP contribution in [0.5, 0.6) is 0 Å². The maximum atomic E-state index is 7.48. The monoisotopic (exact) mass is 528 g/mol. The van der Waals surface area contributed by atoms with E-state index in [1.807, 2.05) is 0 Å². The van der Waals surface area contributed by atoms with Crippen molar-refractivity contribution in [2.45, 2.75) is 76.7 Å². The van der Waals surface area contributed by atoms with E-state index in [9.17, 15) is 0 Å². The molecule has 4 rings (SSSR count). The van der Waals surface area contributed by atoms with Gasteiger partial charge in [-0.1, -0.05) is 124 Å². The molecule has 3 aromatic carbocycles. The molecule has 1 fully saturated rings. The van der Waals surface area contributed by atoms with Gasteiger partial charge in [-0.25, -0.2) is 0 Å². The van der Waals surface area contributed by atoms with E-state index in [1.54, 1.807) is 0 Å². The van der Waals surface area contributed by atoms with Gasteiger partial charge in [0, 0.05) is 6.61 Å². The van der Waals surface area contributed by atoms with Gasteiger partial charge in [0.1, 0.15) is 0 Å². The fourth-order valence-corrected chi connectivity index (χ4v) is 10.1. The van der Waals surface area contributed by atoms with Crippen LogP contribution in [0.3, 0.4) is 0 Å². The lowest BCUT2D eigenvalue weighted by Gasteiger charge is -2.45. The smallest absolute Gasteiger partial charge is 0.261 e. The summed E-state index contributed by atoms with van der Waals surface area (Å²) in [5, 5.41) is 2.57. The van der Waals surface area contributed by atoms with E-state index in [0.29, 0.717) is 6.61 Å². The molecule has 202 valence electrons. The van der Waals surface area contributed by atoms with Gasteiger partial charge in [0.05, 0.1) is 12.7 Å². The lowest BCUT2D eigenvalue weighted by atomic mass is 10.1. The molecule has 0 bridgehead atoms. The highest BCUT2D eigenvalue weighted by Crippen LogP contribution is 2.38. The topological polar surface area (TPSA) is 27.7 Å². The molecule has 38 heavy (non-hydrogen) atoms. The molecule has 0 aromatic heterocycles. The predicted octanol–water partition coefficient (Wildman–Crippen LogP) is 7.05. The van der Waals surface area contributed by atoms with Gasteiger partial charge < -0.3 is 13.9 Å². The molecule has 0 amide bonds. The van der Waals surface area contributed by atoms with Crippen LogP contribution in [-0.2, 0) is 20.3 Å². The maximum absolute atomic E-state index is 7.48. The summed E-state index contributed by atoms with van der Waals surface area (Å²) in [6.45, 7) is 8.51. The first-order valence-electron chi connectivity index (χ1n) is 14.2. The molecule has 0 spiro atoms. The van der Waals surface area contributed by atoms with Gasteiger partial charge in [-0.05, 0) is 59.5 Å². The molecule has 3 nitrogen and oxygen atoms in total. The summed E-state index contributed by atoms with van der Waals surface area (Å²) in [4.78, 5) is 0. The van der Waals surface area contributed by atoms with Crippen molar-refractivity contribution in [2.24, 2.45) is 0 Å². The number of benzene rings is 3. The van der Waals surface area contributed by atoms with Crippen molar-refractivity contribution in [1.29, 1.82) is 0 Å². The highest BCUT2D eigenvalue weighted by molar-refractivity contribution is 6.99. The van der Waals surface area contributed by atoms with Gasteiger partial charge in [0.15, 0.2) is 6.29 Å². The quantitative estimate of drug-likeness (QED) is 0.143. The second-order valence-corrected chi connectivity index (χ2v) is 15.5. The highest BCUT2D eigenvalue weighted by Gasteiger charge is 2.51. The number of hydrogen-bond acceptors (Lipinski definition) is 3. The second kappa shape index (κ2) is 14.0. The molecule has 0 aliphatic carbocycles. The molecule has 1 aliphatic rings. The van der Waals surface area contributed by atoms with Crippen molar-refractivity contribution in [3.8, 4) is 0 Å². The van der Waals surface area contributed by atoms with Crippen LogP contribution >= 0.6 is 0 Å². The van der Waals surface area contributed by atoms with Crippen molar-refractivity contribution in [1.82, 2.24) is 0 Å². The van der Waals surface area contributed by atoms with Crippen molar-refractivity contribution in [3.05, 3.63) is 109 Å². The van der Waals surface area contributed by atoms with E-state index in [-0.39, 0.29) is 17.4 Å². The van der Waals surface area contributed by atoms with Crippen LogP contribution in [0.1, 0.15) is 58.4 Å². The van der Waals surface area contributed by atoms with Crippen molar-refractivity contribution in [2.75, 3.05) is 13.2 Å². The molecule has 4 heteroatoms. The summed E-state index contributed by atoms with van der Waals surface area (Å²) in [7, 11) is -2.65. The molecule has 1 saturated heterocycles. The highest BCUT2D eigenvalue weighted by atomic mass is 28.4. The molecule has 1 aliphatic heterocycles. The van der Waals surface area contributed by atoms with E-state index in [2.05, 4.69) is 124 Å². The number of rotatable bonds is 12. The first-order valence-corrected chi connectivity index (χ1v) is 16.1. The zero-order chi connectivity index (χ0) is 26.7. The summed E-state index contributed by atoms with van der Waals surface area (Å²) >= 11 is 0. The van der Waals surface area contributed by atoms with Gasteiger partial charge in [-0.3, -0.25) is 0 Å². The summed E-state index contributed by atoms with van der Waals surface area (Å²) in [6, 6.07) is 32.6. The normalized spacial score (nSPS) is 17.5. The molecule has 1 heterocycles. The Morgan fingerprint density at radius 3 is 2.03 bits per heavy atom. The average molecular weight is 529 g/mol. The number of aryl methyl sites for hydroxylation is 1. The Balaban J connectivity index is 1.59. The Morgan fingerprint density at radius 1 is 0.868 bits per heavy atom. The summed E-state index contributed by atoms with van der Waals surface area (Å²) < 4.78 is 19.2. The fraction of sp³-hybridized carbons (Fsp3) is 0.412. The van der Waals surface area contributed by atoms with Crippen LogP contribution < -0.4 is 10.4 Å². The Labute approximate surface area is 231 Å². The molecule has 0 radical (unpaired) electrons. The second-order valence-electron chi connectivity index (χ2n) is 11.2. The molecular formula is C34H44O3Si. The van der Waals surface area contributed by atoms with Gasteiger partial charge in [-0.2, -0.15) is 0 Å². The van der Waals surface area contributed by atoms with Crippen molar-refractivity contribution in [3.63, 3.8) is 0 Å². The third kappa shape index (κ3) is 7.54. The van der Waals surface area contributed by atoms with Crippen LogP contribution in [-0.4, -0.2) is 33.9 Å². The van der Waals surface area contributed by atoms with E-state index in [0.717, 1.165) is 38.7 Å².